The van der Waals surface area contributed by atoms with Gasteiger partial charge in [-0.25, -0.2) is 4.79 Å². The molecule has 2 aromatic heterocycles. The lowest BCUT2D eigenvalue weighted by Gasteiger charge is -2.21. The summed E-state index contributed by atoms with van der Waals surface area (Å²) >= 11 is 0. The van der Waals surface area contributed by atoms with Crippen molar-refractivity contribution in [1.29, 1.82) is 0 Å². The molecule has 2 aliphatic rings. The number of aliphatic hydroxyl groups excluding tert-OH is 1. The van der Waals surface area contributed by atoms with Gasteiger partial charge in [-0.3, -0.25) is 38.7 Å². The lowest BCUT2D eigenvalue weighted by Crippen LogP contribution is -2.44. The highest BCUT2D eigenvalue weighted by Crippen LogP contribution is 2.40. The van der Waals surface area contributed by atoms with E-state index >= 15 is 0 Å². The molecule has 0 saturated carbocycles. The summed E-state index contributed by atoms with van der Waals surface area (Å²) in [7, 11) is 4.59. The van der Waals surface area contributed by atoms with E-state index in [9.17, 15) is 38.7 Å². The number of nitrogens with zero attached hydrogens (tertiary/aromatic N) is 4. The molecule has 1 unspecified atom stereocenters. The predicted molar refractivity (Wildman–Crippen MR) is 259 cm³/mol. The highest BCUT2D eigenvalue weighted by Gasteiger charge is 2.35. The maximum absolute atomic E-state index is 14.3. The molecule has 3 atom stereocenters. The van der Waals surface area contributed by atoms with Crippen molar-refractivity contribution in [3.05, 3.63) is 70.6 Å². The summed E-state index contributed by atoms with van der Waals surface area (Å²) in [5.41, 5.74) is 1.96. The first kappa shape index (κ1) is 50.6. The van der Waals surface area contributed by atoms with Crippen molar-refractivity contribution < 1.29 is 57.6 Å². The number of aromatic nitrogens is 2. The molecule has 0 aliphatic carbocycles. The molecule has 0 radical (unpaired) electrons. The first-order chi connectivity index (χ1) is 33.6. The topological polar surface area (TPSA) is 234 Å². The Labute approximate surface area is 404 Å². The molecule has 19 nitrogen and oxygen atoms in total. The zero-order valence-corrected chi connectivity index (χ0v) is 40.3. The minimum atomic E-state index is -1.18. The number of methoxy groups -OCH3 is 2. The number of anilines is 1. The van der Waals surface area contributed by atoms with Crippen LogP contribution in [0.25, 0.3) is 32.6 Å². The Bertz CT molecular complexity index is 2860. The second kappa shape index (κ2) is 22.4. The third-order valence-corrected chi connectivity index (χ3v) is 12.7. The van der Waals surface area contributed by atoms with Gasteiger partial charge in [0.15, 0.2) is 28.8 Å². The van der Waals surface area contributed by atoms with Gasteiger partial charge in [-0.15, -0.1) is 0 Å². The van der Waals surface area contributed by atoms with Crippen LogP contribution in [-0.4, -0.2) is 114 Å². The van der Waals surface area contributed by atoms with Crippen LogP contribution in [0.2, 0.25) is 0 Å². The van der Waals surface area contributed by atoms with Crippen LogP contribution < -0.4 is 35.1 Å². The fourth-order valence-corrected chi connectivity index (χ4v) is 8.87. The number of carbonyl (C=O) groups excluding carboxylic acids is 6. The number of benzene rings is 3. The number of hydrogen-bond acceptors (Lipinski definition) is 14. The van der Waals surface area contributed by atoms with E-state index in [1.54, 1.807) is 73.3 Å². The second-order valence-corrected chi connectivity index (χ2v) is 18.2. The van der Waals surface area contributed by atoms with Gasteiger partial charge in [-0.05, 0) is 61.1 Å². The fourth-order valence-electron chi connectivity index (χ4n) is 8.87. The maximum Gasteiger partial charge on any atom is 0.409 e. The number of aliphatic hydroxyl groups is 1. The summed E-state index contributed by atoms with van der Waals surface area (Å²) in [5, 5.41) is 17.8. The number of pyridine rings is 2. The predicted octanol–water partition coefficient (Wildman–Crippen LogP) is 5.71. The highest BCUT2D eigenvalue weighted by atomic mass is 16.7. The van der Waals surface area contributed by atoms with Gasteiger partial charge < -0.3 is 48.9 Å². The van der Waals surface area contributed by atoms with E-state index in [1.165, 1.54) is 24.0 Å². The smallest absolute Gasteiger partial charge is 0.409 e. The standard InChI is InChI=1S/C51H60N6O13/c1-29(2)18-32(20-40(59)39(26-58)54-45(60)10-8-7-9-15-56-46(61)19-30(3)49(56)63)48(62)53-33-13-11-31(12-14-33)27-68-51(65)55(4)16-17-57-47-36-23-43-44(70-28-69-43)24-38(36)52-25-37(47)34-21-41(66-5)42(67-6)22-35(34)50(57)64/h11-14,21-25,29-30,32,39,58H,7-10,15-20,26-28H2,1-6H3,(H,53,62)(H,54,60)/t30?,32-,39+/m1/s1. The Morgan fingerprint density at radius 1 is 0.900 bits per heavy atom. The molecule has 70 heavy (non-hydrogen) atoms. The number of nitrogens with one attached hydrogen (secondary N) is 2. The normalized spacial score (nSPS) is 15.1. The molecule has 3 aromatic carbocycles. The van der Waals surface area contributed by atoms with Crippen molar-refractivity contribution in [2.24, 2.45) is 17.8 Å². The maximum atomic E-state index is 14.3. The molecular formula is C51H60N6O13. The van der Waals surface area contributed by atoms with E-state index in [1.807, 2.05) is 13.8 Å². The molecule has 5 amide bonds. The number of fused-ring (bicyclic) bond motifs is 6. The number of imide groups is 1. The number of amides is 5. The van der Waals surface area contributed by atoms with Gasteiger partial charge in [0.05, 0.1) is 37.2 Å². The number of likely N-dealkylation sites (tertiary alicyclic amines) is 1. The summed E-state index contributed by atoms with van der Waals surface area (Å²) < 4.78 is 29.6. The quantitative estimate of drug-likeness (QED) is 0.0429. The van der Waals surface area contributed by atoms with Crippen LogP contribution in [0.15, 0.2) is 59.5 Å². The average Bonchev–Trinajstić information content (AvgIpc) is 3.91. The fraction of sp³-hybridized carbons (Fsp3) is 0.451. The van der Waals surface area contributed by atoms with Crippen LogP contribution >= 0.6 is 0 Å². The minimum Gasteiger partial charge on any atom is -0.493 e. The Hall–Kier alpha value is -7.28. The zero-order chi connectivity index (χ0) is 50.2. The van der Waals surface area contributed by atoms with E-state index in [4.69, 9.17) is 28.7 Å². The molecule has 0 bridgehead atoms. The Balaban J connectivity index is 0.929. The third-order valence-electron chi connectivity index (χ3n) is 12.7. The summed E-state index contributed by atoms with van der Waals surface area (Å²) in [6, 6.07) is 12.5. The van der Waals surface area contributed by atoms with Gasteiger partial charge >= 0.3 is 6.09 Å². The average molecular weight is 965 g/mol. The van der Waals surface area contributed by atoms with Crippen LogP contribution in [0.1, 0.15) is 71.3 Å². The third kappa shape index (κ3) is 11.4. The SMILES string of the molecule is COc1cc2c(=O)n(CCN(C)C(=O)OCc3ccc(NC(=O)[C@@H](CC(=O)[C@H](CO)NC(=O)CCCCCN4C(=O)CC(C)C4=O)CC(C)C)cc3)c3c4cc5c(cc4ncc3c2cc1OC)OCO5. The molecule has 5 aromatic rings. The lowest BCUT2D eigenvalue weighted by atomic mass is 9.89. The molecule has 1 saturated heterocycles. The first-order valence-electron chi connectivity index (χ1n) is 23.5. The number of hydrogen-bond donors (Lipinski definition) is 3. The minimum absolute atomic E-state index is 0.0558. The van der Waals surface area contributed by atoms with Gasteiger partial charge in [0.1, 0.15) is 12.6 Å². The molecule has 1 fully saturated rings. The largest absolute Gasteiger partial charge is 0.493 e. The van der Waals surface area contributed by atoms with Gasteiger partial charge in [0.25, 0.3) is 5.56 Å². The Morgan fingerprint density at radius 3 is 2.26 bits per heavy atom. The number of unbranched alkanes of at least 4 members (excludes halogenated alkanes) is 2. The van der Waals surface area contributed by atoms with E-state index in [0.29, 0.717) is 99.1 Å². The van der Waals surface area contributed by atoms with E-state index in [-0.39, 0.29) is 75.0 Å². The number of carbonyl (C=O) groups is 6. The zero-order valence-electron chi connectivity index (χ0n) is 40.3. The summed E-state index contributed by atoms with van der Waals surface area (Å²) in [6.07, 6.45) is 3.16. The number of Topliss-reactive ketones (excluding diaryl/α,β-unsaturated/α-hetero) is 1. The van der Waals surface area contributed by atoms with Crippen LogP contribution in [0, 0.1) is 17.8 Å². The molecule has 4 heterocycles. The molecule has 19 heteroatoms. The van der Waals surface area contributed by atoms with Crippen LogP contribution in [0.5, 0.6) is 23.0 Å². The number of rotatable bonds is 22. The van der Waals surface area contributed by atoms with E-state index in [0.717, 1.165) is 0 Å². The summed E-state index contributed by atoms with van der Waals surface area (Å²) in [4.78, 5) is 98.7. The van der Waals surface area contributed by atoms with Crippen molar-refractivity contribution >= 4 is 73.8 Å². The Morgan fingerprint density at radius 2 is 1.60 bits per heavy atom. The van der Waals surface area contributed by atoms with Crippen LogP contribution in [0.3, 0.4) is 0 Å². The van der Waals surface area contributed by atoms with Crippen LogP contribution in [0.4, 0.5) is 10.5 Å². The van der Waals surface area contributed by atoms with Gasteiger partial charge in [0.2, 0.25) is 30.4 Å². The van der Waals surface area contributed by atoms with Gasteiger partial charge in [0, 0.05) is 91.9 Å². The molecular weight excluding hydrogens is 905 g/mol. The van der Waals surface area contributed by atoms with Crippen molar-refractivity contribution in [1.82, 2.24) is 24.7 Å². The molecule has 3 N–H and O–H groups in total. The molecule has 7 rings (SSSR count). The van der Waals surface area contributed by atoms with E-state index in [2.05, 4.69) is 10.6 Å². The first-order valence-corrected chi connectivity index (χ1v) is 23.5. The van der Waals surface area contributed by atoms with Crippen molar-refractivity contribution in [3.8, 4) is 23.0 Å². The molecule has 2 aliphatic heterocycles. The number of ether oxygens (including phenoxy) is 5. The van der Waals surface area contributed by atoms with Gasteiger partial charge in [-0.2, -0.15) is 0 Å². The van der Waals surface area contributed by atoms with Gasteiger partial charge in [-0.1, -0.05) is 39.3 Å². The number of ketones is 1. The summed E-state index contributed by atoms with van der Waals surface area (Å²) in [5.74, 6) is -0.754. The summed E-state index contributed by atoms with van der Waals surface area (Å²) in [6.45, 7) is 5.44. The van der Waals surface area contributed by atoms with Crippen molar-refractivity contribution in [2.45, 2.75) is 84.9 Å². The van der Waals surface area contributed by atoms with Crippen molar-refractivity contribution in [2.75, 3.05) is 53.1 Å². The molecule has 0 spiro atoms. The molecule has 372 valence electrons. The van der Waals surface area contributed by atoms with Crippen molar-refractivity contribution in [3.63, 3.8) is 0 Å². The number of likely N-dealkylation sites (N-methyl/N-ethyl adjacent to an activating group) is 1. The lowest BCUT2D eigenvalue weighted by molar-refractivity contribution is -0.139. The van der Waals surface area contributed by atoms with Crippen LogP contribution in [-0.2, 0) is 41.9 Å². The second-order valence-electron chi connectivity index (χ2n) is 18.2. The van der Waals surface area contributed by atoms with E-state index < -0.39 is 42.3 Å². The highest BCUT2D eigenvalue weighted by molar-refractivity contribution is 6.15. The Kier molecular flexibility index (Phi) is 16.2. The monoisotopic (exact) mass is 964 g/mol.